The lowest BCUT2D eigenvalue weighted by atomic mass is 9.98. The van der Waals surface area contributed by atoms with Crippen LogP contribution in [0.1, 0.15) is 38.3 Å². The molecule has 3 aromatic heterocycles. The third kappa shape index (κ3) is 5.09. The molecule has 1 atom stereocenters. The van der Waals surface area contributed by atoms with Gasteiger partial charge in [-0.05, 0) is 43.9 Å². The van der Waals surface area contributed by atoms with Crippen molar-refractivity contribution in [3.8, 4) is 5.75 Å². The number of piperidine rings is 1. The first-order valence-corrected chi connectivity index (χ1v) is 11.0. The minimum absolute atomic E-state index is 0.359. The van der Waals surface area contributed by atoms with Crippen LogP contribution in [0, 0.1) is 18.8 Å². The lowest BCUT2D eigenvalue weighted by Crippen LogP contribution is -2.38. The number of hydrogen-bond donors (Lipinski definition) is 2. The number of carboxylic acid groups (broad SMARTS) is 1. The SMILES string of the molecule is CC1CC1.COc1ccc(Nc2cc(N3CCCC(C(=O)O)C3)cn3ncnc23)nc1C. The van der Waals surface area contributed by atoms with Crippen LogP contribution in [0.25, 0.3) is 5.65 Å². The first-order valence-electron chi connectivity index (χ1n) is 11.0. The second kappa shape index (κ2) is 9.42. The molecule has 2 fully saturated rings. The van der Waals surface area contributed by atoms with E-state index in [1.807, 2.05) is 31.3 Å². The molecular weight excluding hydrogens is 408 g/mol. The number of fused-ring (bicyclic) bond motifs is 1. The highest BCUT2D eigenvalue weighted by molar-refractivity contribution is 5.77. The van der Waals surface area contributed by atoms with Crippen LogP contribution in [0.2, 0.25) is 0 Å². The number of aryl methyl sites for hydroxylation is 1. The predicted octanol–water partition coefficient (Wildman–Crippen LogP) is 3.90. The van der Waals surface area contributed by atoms with E-state index in [0.717, 1.165) is 41.7 Å². The molecule has 1 unspecified atom stereocenters. The predicted molar refractivity (Wildman–Crippen MR) is 123 cm³/mol. The lowest BCUT2D eigenvalue weighted by Gasteiger charge is -2.32. The number of carboxylic acids is 1. The molecule has 1 aliphatic carbocycles. The summed E-state index contributed by atoms with van der Waals surface area (Å²) in [5.41, 5.74) is 3.11. The lowest BCUT2D eigenvalue weighted by molar-refractivity contribution is -0.141. The van der Waals surface area contributed by atoms with Crippen LogP contribution in [0.4, 0.5) is 17.2 Å². The largest absolute Gasteiger partial charge is 0.495 e. The third-order valence-electron chi connectivity index (χ3n) is 5.88. The summed E-state index contributed by atoms with van der Waals surface area (Å²) in [5, 5.41) is 16.9. The zero-order valence-electron chi connectivity index (χ0n) is 18.8. The van der Waals surface area contributed by atoms with Gasteiger partial charge in [0.05, 0.1) is 36.3 Å². The average Bonchev–Trinajstić information content (AvgIpc) is 3.42. The van der Waals surface area contributed by atoms with Crippen molar-refractivity contribution >= 4 is 28.8 Å². The van der Waals surface area contributed by atoms with Crippen LogP contribution in [-0.2, 0) is 4.79 Å². The zero-order valence-corrected chi connectivity index (χ0v) is 18.8. The van der Waals surface area contributed by atoms with Gasteiger partial charge in [-0.15, -0.1) is 0 Å². The summed E-state index contributed by atoms with van der Waals surface area (Å²) >= 11 is 0. The van der Waals surface area contributed by atoms with E-state index in [1.54, 1.807) is 11.6 Å². The smallest absolute Gasteiger partial charge is 0.308 e. The molecule has 0 bridgehead atoms. The Morgan fingerprint density at radius 2 is 2.06 bits per heavy atom. The molecule has 32 heavy (non-hydrogen) atoms. The van der Waals surface area contributed by atoms with E-state index in [-0.39, 0.29) is 5.92 Å². The highest BCUT2D eigenvalue weighted by Crippen LogP contribution is 2.30. The summed E-state index contributed by atoms with van der Waals surface area (Å²) in [6.07, 6.45) is 7.89. The zero-order chi connectivity index (χ0) is 22.7. The molecule has 0 aromatic carbocycles. The molecule has 170 valence electrons. The van der Waals surface area contributed by atoms with Crippen LogP contribution in [0.3, 0.4) is 0 Å². The molecule has 1 saturated carbocycles. The van der Waals surface area contributed by atoms with E-state index >= 15 is 0 Å². The molecule has 9 nitrogen and oxygen atoms in total. The van der Waals surface area contributed by atoms with Crippen LogP contribution in [-0.4, -0.2) is 50.9 Å². The van der Waals surface area contributed by atoms with Gasteiger partial charge in [-0.25, -0.2) is 14.5 Å². The first kappa shape index (κ1) is 21.9. The topological polar surface area (TPSA) is 105 Å². The van der Waals surface area contributed by atoms with Gasteiger partial charge in [0.1, 0.15) is 17.9 Å². The minimum atomic E-state index is -0.747. The van der Waals surface area contributed by atoms with Gasteiger partial charge in [0, 0.05) is 13.1 Å². The molecule has 5 rings (SSSR count). The molecule has 0 radical (unpaired) electrons. The van der Waals surface area contributed by atoms with Crippen molar-refractivity contribution < 1.29 is 14.6 Å². The summed E-state index contributed by atoms with van der Waals surface area (Å²) < 4.78 is 6.96. The second-order valence-electron chi connectivity index (χ2n) is 8.56. The molecule has 0 spiro atoms. The van der Waals surface area contributed by atoms with Crippen LogP contribution < -0.4 is 15.0 Å². The number of nitrogens with one attached hydrogen (secondary N) is 1. The Hall–Kier alpha value is -3.36. The van der Waals surface area contributed by atoms with E-state index in [4.69, 9.17) is 4.74 Å². The summed E-state index contributed by atoms with van der Waals surface area (Å²) in [5.74, 6) is 1.37. The van der Waals surface area contributed by atoms with Gasteiger partial charge in [0.25, 0.3) is 0 Å². The van der Waals surface area contributed by atoms with Gasteiger partial charge >= 0.3 is 5.97 Å². The van der Waals surface area contributed by atoms with Crippen molar-refractivity contribution in [2.45, 2.75) is 39.5 Å². The molecule has 0 amide bonds. The first-order chi connectivity index (χ1) is 15.4. The normalized spacial score (nSPS) is 18.1. The van der Waals surface area contributed by atoms with Crippen molar-refractivity contribution in [2.75, 3.05) is 30.4 Å². The number of aromatic nitrogens is 4. The fraction of sp³-hybridized carbons (Fsp3) is 0.478. The number of aliphatic carboxylic acids is 1. The number of ether oxygens (including phenoxy) is 1. The van der Waals surface area contributed by atoms with E-state index < -0.39 is 5.97 Å². The van der Waals surface area contributed by atoms with Crippen molar-refractivity contribution in [2.24, 2.45) is 11.8 Å². The van der Waals surface area contributed by atoms with E-state index in [1.165, 1.54) is 19.2 Å². The maximum absolute atomic E-state index is 11.4. The average molecular weight is 439 g/mol. The highest BCUT2D eigenvalue weighted by Gasteiger charge is 2.26. The molecule has 9 heteroatoms. The third-order valence-corrected chi connectivity index (χ3v) is 5.88. The number of anilines is 3. The summed E-state index contributed by atoms with van der Waals surface area (Å²) in [7, 11) is 1.61. The number of methoxy groups -OCH3 is 1. The van der Waals surface area contributed by atoms with E-state index in [2.05, 4.69) is 32.2 Å². The molecule has 1 aliphatic heterocycles. The Kier molecular flexibility index (Phi) is 6.43. The maximum Gasteiger partial charge on any atom is 0.308 e. The molecule has 2 N–H and O–H groups in total. The van der Waals surface area contributed by atoms with Crippen molar-refractivity contribution in [3.05, 3.63) is 36.4 Å². The minimum Gasteiger partial charge on any atom is -0.495 e. The van der Waals surface area contributed by atoms with Gasteiger partial charge in [-0.2, -0.15) is 5.10 Å². The Bertz CT molecular complexity index is 1090. The molecule has 1 saturated heterocycles. The quantitative estimate of drug-likeness (QED) is 0.618. The number of hydrogen-bond acceptors (Lipinski definition) is 7. The van der Waals surface area contributed by atoms with Crippen molar-refractivity contribution in [1.29, 1.82) is 0 Å². The molecule has 2 aliphatic rings. The highest BCUT2D eigenvalue weighted by atomic mass is 16.5. The van der Waals surface area contributed by atoms with Gasteiger partial charge < -0.3 is 20.1 Å². The molecule has 3 aromatic rings. The van der Waals surface area contributed by atoms with Gasteiger partial charge in [0.15, 0.2) is 5.65 Å². The number of carbonyl (C=O) groups is 1. The van der Waals surface area contributed by atoms with Crippen LogP contribution >= 0.6 is 0 Å². The molecule has 4 heterocycles. The van der Waals surface area contributed by atoms with Crippen LogP contribution in [0.5, 0.6) is 5.75 Å². The Balaban J connectivity index is 0.000000552. The van der Waals surface area contributed by atoms with Crippen molar-refractivity contribution in [3.63, 3.8) is 0 Å². The maximum atomic E-state index is 11.4. The monoisotopic (exact) mass is 438 g/mol. The Morgan fingerprint density at radius 1 is 1.28 bits per heavy atom. The number of rotatable bonds is 5. The Morgan fingerprint density at radius 3 is 2.72 bits per heavy atom. The summed E-state index contributed by atoms with van der Waals surface area (Å²) in [6, 6.07) is 5.67. The van der Waals surface area contributed by atoms with Crippen LogP contribution in [0.15, 0.2) is 30.7 Å². The van der Waals surface area contributed by atoms with Gasteiger partial charge in [0.2, 0.25) is 0 Å². The summed E-state index contributed by atoms with van der Waals surface area (Å²) in [6.45, 7) is 5.45. The van der Waals surface area contributed by atoms with E-state index in [0.29, 0.717) is 24.4 Å². The second-order valence-corrected chi connectivity index (χ2v) is 8.56. The standard InChI is InChI=1S/C19H22N6O3.C4H8/c1-12-16(28-2)5-6-17(22-12)23-15-8-14(10-25-18(15)20-11-21-25)24-7-3-4-13(9-24)19(26)27;1-4-2-3-4/h5-6,8,10-11,13H,3-4,7,9H2,1-2H3,(H,22,23)(H,26,27);4H,2-3H2,1H3. The summed E-state index contributed by atoms with van der Waals surface area (Å²) in [4.78, 5) is 22.3. The fourth-order valence-corrected chi connectivity index (χ4v) is 3.73. The van der Waals surface area contributed by atoms with E-state index in [9.17, 15) is 9.90 Å². The van der Waals surface area contributed by atoms with Gasteiger partial charge in [-0.1, -0.05) is 19.8 Å². The molecular formula is C23H30N6O3. The number of nitrogens with zero attached hydrogens (tertiary/aromatic N) is 5. The van der Waals surface area contributed by atoms with Gasteiger partial charge in [-0.3, -0.25) is 4.79 Å². The van der Waals surface area contributed by atoms with Crippen molar-refractivity contribution in [1.82, 2.24) is 19.6 Å². The number of pyridine rings is 2. The Labute approximate surface area is 187 Å². The fourth-order valence-electron chi connectivity index (χ4n) is 3.73.